The fraction of sp³-hybridized carbons (Fsp3) is 0.462. The highest BCUT2D eigenvalue weighted by atomic mass is 16.5. The van der Waals surface area contributed by atoms with E-state index in [2.05, 4.69) is 26.1 Å². The highest BCUT2D eigenvalue weighted by Gasteiger charge is 2.08. The van der Waals surface area contributed by atoms with Gasteiger partial charge in [0.25, 0.3) is 0 Å². The first kappa shape index (κ1) is 12.7. The van der Waals surface area contributed by atoms with Crippen molar-refractivity contribution in [2.45, 2.75) is 39.8 Å². The maximum atomic E-state index is 10.7. The molecule has 0 fully saturated rings. The fourth-order valence-corrected chi connectivity index (χ4v) is 1.21. The van der Waals surface area contributed by atoms with Gasteiger partial charge in [0.15, 0.2) is 0 Å². The van der Waals surface area contributed by atoms with Crippen LogP contribution in [0.1, 0.15) is 33.3 Å². The quantitative estimate of drug-likeness (QED) is 0.629. The lowest BCUT2D eigenvalue weighted by molar-refractivity contribution is -0.131. The van der Waals surface area contributed by atoms with Crippen LogP contribution in [0.25, 0.3) is 0 Å². The molecule has 0 aromatic heterocycles. The van der Waals surface area contributed by atoms with E-state index in [0.717, 1.165) is 6.54 Å². The number of carbonyl (C=O) groups excluding carboxylic acids is 1. The summed E-state index contributed by atoms with van der Waals surface area (Å²) in [5, 5.41) is 3.39. The molecule has 1 aromatic rings. The van der Waals surface area contributed by atoms with Crippen molar-refractivity contribution in [3.05, 3.63) is 29.8 Å². The summed E-state index contributed by atoms with van der Waals surface area (Å²) in [6, 6.07) is 7.52. The molecule has 3 heteroatoms. The van der Waals surface area contributed by atoms with E-state index in [0.29, 0.717) is 5.75 Å². The number of hydrogen-bond acceptors (Lipinski definition) is 3. The second kappa shape index (κ2) is 5.12. The standard InChI is InChI=1S/C13H19NO2/c1-10(15)16-12-7-5-11(6-8-12)9-14-13(2,3)4/h5-8,14H,9H2,1-4H3. The molecule has 1 aromatic carbocycles. The number of ether oxygens (including phenoxy) is 1. The van der Waals surface area contributed by atoms with Crippen LogP contribution in [-0.4, -0.2) is 11.5 Å². The van der Waals surface area contributed by atoms with Gasteiger partial charge in [0, 0.05) is 19.0 Å². The van der Waals surface area contributed by atoms with E-state index < -0.39 is 0 Å². The molecule has 0 radical (unpaired) electrons. The van der Waals surface area contributed by atoms with Crippen LogP contribution in [0, 0.1) is 0 Å². The van der Waals surface area contributed by atoms with Crippen LogP contribution in [0.2, 0.25) is 0 Å². The third-order valence-electron chi connectivity index (χ3n) is 2.01. The molecule has 0 atom stereocenters. The van der Waals surface area contributed by atoms with Gasteiger partial charge in [0.05, 0.1) is 0 Å². The molecule has 16 heavy (non-hydrogen) atoms. The van der Waals surface area contributed by atoms with Crippen LogP contribution in [0.3, 0.4) is 0 Å². The predicted molar refractivity (Wildman–Crippen MR) is 64.3 cm³/mol. The monoisotopic (exact) mass is 221 g/mol. The second-order valence-corrected chi connectivity index (χ2v) is 4.84. The Morgan fingerprint density at radius 1 is 1.25 bits per heavy atom. The minimum Gasteiger partial charge on any atom is -0.427 e. The van der Waals surface area contributed by atoms with Crippen molar-refractivity contribution in [1.29, 1.82) is 0 Å². The van der Waals surface area contributed by atoms with Gasteiger partial charge in [-0.25, -0.2) is 0 Å². The largest absolute Gasteiger partial charge is 0.427 e. The number of esters is 1. The molecule has 0 spiro atoms. The predicted octanol–water partition coefficient (Wildman–Crippen LogP) is 2.50. The van der Waals surface area contributed by atoms with E-state index in [9.17, 15) is 4.79 Å². The molecule has 1 rings (SSSR count). The number of hydrogen-bond donors (Lipinski definition) is 1. The number of nitrogens with one attached hydrogen (secondary N) is 1. The Bertz CT molecular complexity index is 349. The zero-order valence-corrected chi connectivity index (χ0v) is 10.3. The van der Waals surface area contributed by atoms with Crippen LogP contribution in [-0.2, 0) is 11.3 Å². The summed E-state index contributed by atoms with van der Waals surface area (Å²) in [7, 11) is 0. The number of carbonyl (C=O) groups is 1. The second-order valence-electron chi connectivity index (χ2n) is 4.84. The zero-order valence-electron chi connectivity index (χ0n) is 10.3. The van der Waals surface area contributed by atoms with Gasteiger partial charge in [0.2, 0.25) is 0 Å². The third kappa shape index (κ3) is 4.94. The fourth-order valence-electron chi connectivity index (χ4n) is 1.21. The normalized spacial score (nSPS) is 11.2. The summed E-state index contributed by atoms with van der Waals surface area (Å²) in [4.78, 5) is 10.7. The van der Waals surface area contributed by atoms with Gasteiger partial charge in [0.1, 0.15) is 5.75 Å². The minimum atomic E-state index is -0.291. The van der Waals surface area contributed by atoms with Crippen molar-refractivity contribution in [2.75, 3.05) is 0 Å². The molecule has 0 amide bonds. The van der Waals surface area contributed by atoms with Crippen molar-refractivity contribution >= 4 is 5.97 Å². The van der Waals surface area contributed by atoms with E-state index in [-0.39, 0.29) is 11.5 Å². The van der Waals surface area contributed by atoms with Crippen molar-refractivity contribution in [3.8, 4) is 5.75 Å². The Balaban J connectivity index is 2.55. The van der Waals surface area contributed by atoms with E-state index in [1.807, 2.05) is 12.1 Å². The summed E-state index contributed by atoms with van der Waals surface area (Å²) in [6.45, 7) is 8.58. The Kier molecular flexibility index (Phi) is 4.07. The summed E-state index contributed by atoms with van der Waals surface area (Å²) >= 11 is 0. The summed E-state index contributed by atoms with van der Waals surface area (Å²) in [6.07, 6.45) is 0. The Morgan fingerprint density at radius 3 is 2.25 bits per heavy atom. The number of rotatable bonds is 3. The first-order valence-electron chi connectivity index (χ1n) is 5.39. The molecule has 0 aliphatic rings. The van der Waals surface area contributed by atoms with Crippen molar-refractivity contribution in [1.82, 2.24) is 5.32 Å². The molecule has 0 unspecified atom stereocenters. The van der Waals surface area contributed by atoms with E-state index >= 15 is 0 Å². The lowest BCUT2D eigenvalue weighted by atomic mass is 10.1. The zero-order chi connectivity index (χ0) is 12.2. The van der Waals surface area contributed by atoms with Crippen molar-refractivity contribution in [3.63, 3.8) is 0 Å². The average Bonchev–Trinajstić information content (AvgIpc) is 2.14. The minimum absolute atomic E-state index is 0.106. The van der Waals surface area contributed by atoms with E-state index in [1.54, 1.807) is 12.1 Å². The Hall–Kier alpha value is -1.35. The third-order valence-corrected chi connectivity index (χ3v) is 2.01. The van der Waals surface area contributed by atoms with Gasteiger partial charge >= 0.3 is 5.97 Å². The van der Waals surface area contributed by atoms with Gasteiger partial charge < -0.3 is 10.1 Å². The molecule has 88 valence electrons. The molecule has 0 aliphatic heterocycles. The summed E-state index contributed by atoms with van der Waals surface area (Å²) in [5.74, 6) is 0.299. The van der Waals surface area contributed by atoms with Crippen LogP contribution in [0.4, 0.5) is 0 Å². The molecule has 0 heterocycles. The molecule has 0 aliphatic carbocycles. The first-order chi connectivity index (χ1) is 7.37. The van der Waals surface area contributed by atoms with Gasteiger partial charge in [-0.05, 0) is 38.5 Å². The van der Waals surface area contributed by atoms with E-state index in [1.165, 1.54) is 12.5 Å². The lowest BCUT2D eigenvalue weighted by Crippen LogP contribution is -2.35. The van der Waals surface area contributed by atoms with Gasteiger partial charge in [-0.2, -0.15) is 0 Å². The highest BCUT2D eigenvalue weighted by molar-refractivity contribution is 5.69. The SMILES string of the molecule is CC(=O)Oc1ccc(CNC(C)(C)C)cc1. The van der Waals surface area contributed by atoms with Gasteiger partial charge in [-0.15, -0.1) is 0 Å². The van der Waals surface area contributed by atoms with Gasteiger partial charge in [-0.1, -0.05) is 12.1 Å². The average molecular weight is 221 g/mol. The Morgan fingerprint density at radius 2 is 1.81 bits per heavy atom. The highest BCUT2D eigenvalue weighted by Crippen LogP contribution is 2.13. The maximum Gasteiger partial charge on any atom is 0.308 e. The molecular weight excluding hydrogens is 202 g/mol. The summed E-state index contributed by atoms with van der Waals surface area (Å²) < 4.78 is 4.96. The summed E-state index contributed by atoms with van der Waals surface area (Å²) in [5.41, 5.74) is 1.28. The molecule has 0 bridgehead atoms. The molecule has 0 saturated carbocycles. The van der Waals surface area contributed by atoms with Crippen molar-refractivity contribution < 1.29 is 9.53 Å². The molecule has 1 N–H and O–H groups in total. The smallest absolute Gasteiger partial charge is 0.308 e. The molecule has 0 saturated heterocycles. The van der Waals surface area contributed by atoms with Crippen LogP contribution in [0.5, 0.6) is 5.75 Å². The van der Waals surface area contributed by atoms with Gasteiger partial charge in [-0.3, -0.25) is 4.79 Å². The maximum absolute atomic E-state index is 10.7. The van der Waals surface area contributed by atoms with Crippen molar-refractivity contribution in [2.24, 2.45) is 0 Å². The molecule has 3 nitrogen and oxygen atoms in total. The lowest BCUT2D eigenvalue weighted by Gasteiger charge is -2.20. The Labute approximate surface area is 96.8 Å². The first-order valence-corrected chi connectivity index (χ1v) is 5.39. The number of benzene rings is 1. The van der Waals surface area contributed by atoms with Crippen LogP contribution in [0.15, 0.2) is 24.3 Å². The topological polar surface area (TPSA) is 38.3 Å². The van der Waals surface area contributed by atoms with E-state index in [4.69, 9.17) is 4.74 Å². The van der Waals surface area contributed by atoms with Crippen LogP contribution >= 0.6 is 0 Å². The van der Waals surface area contributed by atoms with Crippen LogP contribution < -0.4 is 10.1 Å². The molecular formula is C13H19NO2.